The fourth-order valence-electron chi connectivity index (χ4n) is 3.94. The van der Waals surface area contributed by atoms with Crippen molar-refractivity contribution in [3.8, 4) is 0 Å². The lowest BCUT2D eigenvalue weighted by molar-refractivity contribution is -0.136. The van der Waals surface area contributed by atoms with Gasteiger partial charge in [-0.2, -0.15) is 0 Å². The van der Waals surface area contributed by atoms with E-state index in [0.717, 1.165) is 6.42 Å². The summed E-state index contributed by atoms with van der Waals surface area (Å²) in [7, 11) is 0. The number of piperidine rings is 1. The average Bonchev–Trinajstić information content (AvgIpc) is 3.13. The van der Waals surface area contributed by atoms with E-state index in [1.807, 2.05) is 0 Å². The lowest BCUT2D eigenvalue weighted by Crippen LogP contribution is -2.46. The third kappa shape index (κ3) is 5.89. The summed E-state index contributed by atoms with van der Waals surface area (Å²) in [5.41, 5.74) is 0.0693. The van der Waals surface area contributed by atoms with Crippen molar-refractivity contribution in [1.82, 2.24) is 15.5 Å². The van der Waals surface area contributed by atoms with Crippen molar-refractivity contribution < 1.29 is 19.5 Å². The Labute approximate surface area is 202 Å². The summed E-state index contributed by atoms with van der Waals surface area (Å²) in [6, 6.07) is 4.43. The standard InChI is InChI=1S/C23H26Cl2N4O4/c1-15(30)16(20(31)29-13-9-23(10-14-29)8-12-26-21(23)32)5-2-3-11-27-22(33)28-18-7-4-6-17(24)19(18)25/h2-7,30H,1,8-14H2,(H,26,32)(H2,27,28,33)/b3-2-,16-5+. The van der Waals surface area contributed by atoms with Crippen molar-refractivity contribution in [2.45, 2.75) is 19.3 Å². The van der Waals surface area contributed by atoms with Crippen LogP contribution in [0.25, 0.3) is 0 Å². The molecule has 0 aromatic heterocycles. The largest absolute Gasteiger partial charge is 0.508 e. The van der Waals surface area contributed by atoms with Crippen LogP contribution < -0.4 is 16.0 Å². The third-order valence-corrected chi connectivity index (χ3v) is 6.72. The summed E-state index contributed by atoms with van der Waals surface area (Å²) in [4.78, 5) is 38.6. The second-order valence-electron chi connectivity index (χ2n) is 7.97. The Hall–Kier alpha value is -2.97. The van der Waals surface area contributed by atoms with Crippen molar-refractivity contribution in [2.24, 2.45) is 5.41 Å². The molecule has 10 heteroatoms. The number of allylic oxidation sites excluding steroid dienone is 2. The molecule has 0 bridgehead atoms. The van der Waals surface area contributed by atoms with Gasteiger partial charge in [0.05, 0.1) is 26.7 Å². The zero-order valence-corrected chi connectivity index (χ0v) is 19.5. The lowest BCUT2D eigenvalue weighted by atomic mass is 9.77. The number of urea groups is 1. The van der Waals surface area contributed by atoms with Crippen LogP contribution in [0.3, 0.4) is 0 Å². The van der Waals surface area contributed by atoms with Crippen molar-refractivity contribution in [1.29, 1.82) is 0 Å². The zero-order valence-electron chi connectivity index (χ0n) is 18.0. The molecule has 0 aliphatic carbocycles. The van der Waals surface area contributed by atoms with Gasteiger partial charge in [-0.3, -0.25) is 9.59 Å². The fraction of sp³-hybridized carbons (Fsp3) is 0.348. The van der Waals surface area contributed by atoms with Crippen molar-refractivity contribution in [3.63, 3.8) is 0 Å². The molecule has 176 valence electrons. The Balaban J connectivity index is 1.51. The summed E-state index contributed by atoms with van der Waals surface area (Å²) in [5.74, 6) is -0.624. The van der Waals surface area contributed by atoms with E-state index in [4.69, 9.17) is 23.2 Å². The van der Waals surface area contributed by atoms with E-state index in [2.05, 4.69) is 22.5 Å². The Bertz CT molecular complexity index is 1010. The minimum absolute atomic E-state index is 0.0632. The third-order valence-electron chi connectivity index (χ3n) is 5.90. The van der Waals surface area contributed by atoms with Crippen LogP contribution in [0.2, 0.25) is 10.0 Å². The Morgan fingerprint density at radius 1 is 1.24 bits per heavy atom. The second-order valence-corrected chi connectivity index (χ2v) is 8.76. The molecular formula is C23H26Cl2N4O4. The van der Waals surface area contributed by atoms with Crippen LogP contribution in [-0.2, 0) is 9.59 Å². The molecule has 3 rings (SSSR count). The number of hydrogen-bond donors (Lipinski definition) is 4. The van der Waals surface area contributed by atoms with Gasteiger partial charge in [0.15, 0.2) is 0 Å². The Morgan fingerprint density at radius 3 is 2.61 bits per heavy atom. The van der Waals surface area contributed by atoms with E-state index < -0.39 is 6.03 Å². The first kappa shape index (κ1) is 24.7. The molecule has 0 saturated carbocycles. The van der Waals surface area contributed by atoms with Gasteiger partial charge >= 0.3 is 6.03 Å². The number of halogens is 2. The van der Waals surface area contributed by atoms with E-state index in [0.29, 0.717) is 43.2 Å². The second kappa shape index (κ2) is 10.8. The van der Waals surface area contributed by atoms with E-state index in [1.165, 1.54) is 6.08 Å². The highest BCUT2D eigenvalue weighted by Crippen LogP contribution is 2.38. The van der Waals surface area contributed by atoms with E-state index in [-0.39, 0.29) is 40.1 Å². The van der Waals surface area contributed by atoms with Crippen LogP contribution in [0.4, 0.5) is 10.5 Å². The predicted molar refractivity (Wildman–Crippen MR) is 128 cm³/mol. The summed E-state index contributed by atoms with van der Waals surface area (Å²) in [6.45, 7) is 5.20. The highest BCUT2D eigenvalue weighted by atomic mass is 35.5. The molecule has 2 aliphatic heterocycles. The van der Waals surface area contributed by atoms with Gasteiger partial charge < -0.3 is 26.0 Å². The minimum Gasteiger partial charge on any atom is -0.508 e. The smallest absolute Gasteiger partial charge is 0.319 e. The van der Waals surface area contributed by atoms with E-state index in [9.17, 15) is 19.5 Å². The number of hydrogen-bond acceptors (Lipinski definition) is 4. The van der Waals surface area contributed by atoms with Crippen LogP contribution >= 0.6 is 23.2 Å². The first-order valence-electron chi connectivity index (χ1n) is 10.5. The number of anilines is 1. The molecule has 8 nitrogen and oxygen atoms in total. The van der Waals surface area contributed by atoms with Gasteiger partial charge in [0, 0.05) is 26.2 Å². The van der Waals surface area contributed by atoms with Gasteiger partial charge in [0.2, 0.25) is 5.91 Å². The number of benzene rings is 1. The van der Waals surface area contributed by atoms with E-state index in [1.54, 1.807) is 35.3 Å². The molecule has 1 spiro atoms. The summed E-state index contributed by atoms with van der Waals surface area (Å²) in [5, 5.41) is 18.6. The molecule has 1 aromatic carbocycles. The topological polar surface area (TPSA) is 111 Å². The monoisotopic (exact) mass is 492 g/mol. The number of carbonyl (C=O) groups excluding carboxylic acids is 3. The number of nitrogens with one attached hydrogen (secondary N) is 3. The maximum atomic E-state index is 12.9. The van der Waals surface area contributed by atoms with Gasteiger partial charge in [-0.1, -0.05) is 48.0 Å². The van der Waals surface area contributed by atoms with Gasteiger partial charge in [0.25, 0.3) is 5.91 Å². The van der Waals surface area contributed by atoms with Gasteiger partial charge in [0.1, 0.15) is 5.76 Å². The van der Waals surface area contributed by atoms with Crippen LogP contribution in [-0.4, -0.2) is 54.0 Å². The minimum atomic E-state index is -0.478. The van der Waals surface area contributed by atoms with Gasteiger partial charge in [-0.15, -0.1) is 0 Å². The Morgan fingerprint density at radius 2 is 1.97 bits per heavy atom. The average molecular weight is 493 g/mol. The number of aliphatic hydroxyl groups is 1. The maximum Gasteiger partial charge on any atom is 0.319 e. The van der Waals surface area contributed by atoms with Crippen LogP contribution in [0, 0.1) is 5.41 Å². The number of rotatable bonds is 6. The normalized spacial score (nSPS) is 17.8. The first-order chi connectivity index (χ1) is 15.7. The van der Waals surface area contributed by atoms with Crippen molar-refractivity contribution in [3.05, 3.63) is 64.4 Å². The van der Waals surface area contributed by atoms with Gasteiger partial charge in [-0.05, 0) is 37.5 Å². The number of aliphatic hydroxyl groups excluding tert-OH is 1. The molecule has 4 N–H and O–H groups in total. The molecule has 4 amide bonds. The summed E-state index contributed by atoms with van der Waals surface area (Å²) in [6.07, 6.45) is 6.60. The Kier molecular flexibility index (Phi) is 8.05. The molecule has 33 heavy (non-hydrogen) atoms. The molecule has 1 aromatic rings. The first-order valence-corrected chi connectivity index (χ1v) is 11.3. The molecule has 0 radical (unpaired) electrons. The summed E-state index contributed by atoms with van der Waals surface area (Å²) >= 11 is 12.0. The fourth-order valence-corrected chi connectivity index (χ4v) is 4.29. The quantitative estimate of drug-likeness (QED) is 0.275. The lowest BCUT2D eigenvalue weighted by Gasteiger charge is -2.37. The molecular weight excluding hydrogens is 467 g/mol. The van der Waals surface area contributed by atoms with E-state index >= 15 is 0 Å². The molecule has 0 unspecified atom stereocenters. The van der Waals surface area contributed by atoms with Crippen LogP contribution in [0.5, 0.6) is 0 Å². The number of carbonyl (C=O) groups is 3. The molecule has 0 atom stereocenters. The number of likely N-dealkylation sites (tertiary alicyclic amines) is 1. The molecule has 2 fully saturated rings. The van der Waals surface area contributed by atoms with Crippen molar-refractivity contribution >= 4 is 46.7 Å². The molecule has 2 heterocycles. The SMILES string of the molecule is C=C(O)/C(=C\C=C/CNC(=O)Nc1cccc(Cl)c1Cl)C(=O)N1CCC2(CCNC2=O)CC1. The van der Waals surface area contributed by atoms with Gasteiger partial charge in [-0.25, -0.2) is 4.79 Å². The maximum absolute atomic E-state index is 12.9. The highest BCUT2D eigenvalue weighted by Gasteiger charge is 2.45. The predicted octanol–water partition coefficient (Wildman–Crippen LogP) is 3.80. The van der Waals surface area contributed by atoms with Crippen molar-refractivity contribution in [2.75, 3.05) is 31.5 Å². The zero-order chi connectivity index (χ0) is 24.0. The van der Waals surface area contributed by atoms with Crippen LogP contribution in [0.15, 0.2) is 54.3 Å². The highest BCUT2D eigenvalue weighted by molar-refractivity contribution is 6.43. The molecule has 2 aliphatic rings. The number of nitrogens with zero attached hydrogens (tertiary/aromatic N) is 1. The number of amides is 4. The molecule has 2 saturated heterocycles. The summed E-state index contributed by atoms with van der Waals surface area (Å²) < 4.78 is 0. The van der Waals surface area contributed by atoms with Crippen LogP contribution in [0.1, 0.15) is 19.3 Å².